The second-order valence-corrected chi connectivity index (χ2v) is 56.3. The van der Waals surface area contributed by atoms with Crippen molar-refractivity contribution >= 4 is 86.7 Å². The van der Waals surface area contributed by atoms with E-state index in [0.717, 1.165) is 17.9 Å². The van der Waals surface area contributed by atoms with E-state index in [-0.39, 0.29) is 7.25 Å². The molecule has 0 fully saturated rings. The maximum atomic E-state index is 8.44. The number of fused-ring (bicyclic) bond motifs is 6. The summed E-state index contributed by atoms with van der Waals surface area (Å²) < 4.78 is 4.25. The SMILES string of the molecule is C[SiH](C)[Zr]([Cl])([Cl])([CH]1c2cc(Br)ccc2-c2ccc(Br)cc21)[CH]1c2cc(Br)ccc2-c2ccc(Br)cc21. The Kier molecular flexibility index (Phi) is 6.87. The average Bonchev–Trinajstić information content (AvgIpc) is 3.30. The van der Waals surface area contributed by atoms with Crippen molar-refractivity contribution in [3.8, 4) is 22.3 Å². The molecular formula is C28H21Br4Cl2SiZr. The van der Waals surface area contributed by atoms with E-state index in [1.165, 1.54) is 44.5 Å². The quantitative estimate of drug-likeness (QED) is 0.180. The van der Waals surface area contributed by atoms with Gasteiger partial charge in [-0.25, -0.2) is 0 Å². The van der Waals surface area contributed by atoms with Crippen LogP contribution in [0.2, 0.25) is 13.1 Å². The summed E-state index contributed by atoms with van der Waals surface area (Å²) in [6, 6.07) is 26.5. The summed E-state index contributed by atoms with van der Waals surface area (Å²) in [4.78, 5) is 0. The van der Waals surface area contributed by atoms with Gasteiger partial charge in [-0.3, -0.25) is 0 Å². The Balaban J connectivity index is 1.74. The fourth-order valence-electron chi connectivity index (χ4n) is 6.43. The van der Waals surface area contributed by atoms with Crippen LogP contribution < -0.4 is 0 Å². The molecule has 6 rings (SSSR count). The molecule has 0 radical (unpaired) electrons. The second kappa shape index (κ2) is 9.26. The average molecular weight is 867 g/mol. The van der Waals surface area contributed by atoms with Crippen molar-refractivity contribution in [3.05, 3.63) is 113 Å². The minimum absolute atomic E-state index is 0.00297. The van der Waals surface area contributed by atoms with Gasteiger partial charge in [-0.2, -0.15) is 0 Å². The van der Waals surface area contributed by atoms with E-state index in [2.05, 4.69) is 150 Å². The van der Waals surface area contributed by atoms with Gasteiger partial charge in [0.15, 0.2) is 0 Å². The van der Waals surface area contributed by atoms with E-state index in [1.54, 1.807) is 0 Å². The zero-order valence-electron chi connectivity index (χ0n) is 19.4. The Morgan fingerprint density at radius 1 is 0.528 bits per heavy atom. The van der Waals surface area contributed by atoms with Gasteiger partial charge in [0.25, 0.3) is 0 Å². The molecule has 0 amide bonds. The molecule has 0 atom stereocenters. The molecule has 8 heteroatoms. The van der Waals surface area contributed by atoms with Crippen LogP contribution in [0.3, 0.4) is 0 Å². The van der Waals surface area contributed by atoms with Gasteiger partial charge in [0, 0.05) is 0 Å². The summed E-state index contributed by atoms with van der Waals surface area (Å²) in [5.41, 5.74) is 10.1. The molecule has 0 nitrogen and oxygen atoms in total. The summed E-state index contributed by atoms with van der Waals surface area (Å²) >= 11 is 10.2. The zero-order chi connectivity index (χ0) is 25.6. The van der Waals surface area contributed by atoms with Crippen molar-refractivity contribution in [1.29, 1.82) is 0 Å². The monoisotopic (exact) mass is 861 g/mol. The van der Waals surface area contributed by atoms with Gasteiger partial charge < -0.3 is 0 Å². The standard InChI is InChI=1S/2C13H7Br2.C2H7Si.2ClH.Zr/c2*14-10-1-3-12-8(6-10)5-9-7-11(15)2-4-13(9)12;1-3-2;;;/h2*1-7H;3H,1-2H3;2*1H;/q;;;;;+2/p-2. The number of halogens is 6. The summed E-state index contributed by atoms with van der Waals surface area (Å²) in [7, 11) is 16.9. The fourth-order valence-corrected chi connectivity index (χ4v) is 37.9. The molecule has 0 unspecified atom stereocenters. The molecule has 4 aromatic rings. The first-order valence-electron chi connectivity index (χ1n) is 11.8. The Hall–Kier alpha value is 0.480. The molecule has 0 aliphatic heterocycles. The van der Waals surface area contributed by atoms with Gasteiger partial charge in [-0.05, 0) is 0 Å². The molecule has 4 aromatic carbocycles. The van der Waals surface area contributed by atoms with Crippen LogP contribution in [0.5, 0.6) is 0 Å². The third-order valence-corrected chi connectivity index (χ3v) is 61.6. The van der Waals surface area contributed by atoms with Crippen molar-refractivity contribution in [2.45, 2.75) is 20.3 Å². The molecule has 0 heterocycles. The van der Waals surface area contributed by atoms with Gasteiger partial charge >= 0.3 is 258 Å². The van der Waals surface area contributed by atoms with Crippen LogP contribution >= 0.6 is 80.7 Å². The minimum atomic E-state index is -4.83. The topological polar surface area (TPSA) is 0 Å². The number of hydrogen-bond donors (Lipinski definition) is 0. The van der Waals surface area contributed by atoms with E-state index in [1.807, 2.05) is 0 Å². The normalized spacial score (nSPS) is 15.9. The molecule has 0 saturated carbocycles. The molecule has 0 bridgehead atoms. The summed E-state index contributed by atoms with van der Waals surface area (Å²) in [6.07, 6.45) is 0. The van der Waals surface area contributed by atoms with Crippen molar-refractivity contribution in [1.82, 2.24) is 0 Å². The van der Waals surface area contributed by atoms with Crippen LogP contribution in [-0.4, -0.2) is 5.92 Å². The summed E-state index contributed by atoms with van der Waals surface area (Å²) in [6.45, 7) is 4.76. The molecule has 0 N–H and O–H groups in total. The van der Waals surface area contributed by atoms with Crippen LogP contribution in [0, 0.1) is 0 Å². The van der Waals surface area contributed by atoms with Gasteiger partial charge in [0.2, 0.25) is 0 Å². The summed E-state index contributed by atoms with van der Waals surface area (Å²) in [5.74, 6) is -1.64. The van der Waals surface area contributed by atoms with Crippen molar-refractivity contribution in [2.75, 3.05) is 0 Å². The maximum absolute atomic E-state index is 8.44. The second-order valence-electron chi connectivity index (χ2n) is 10.2. The molecule has 2 aliphatic carbocycles. The van der Waals surface area contributed by atoms with Crippen molar-refractivity contribution in [2.24, 2.45) is 0 Å². The predicted molar refractivity (Wildman–Crippen MR) is 169 cm³/mol. The molecule has 0 aromatic heterocycles. The Morgan fingerprint density at radius 3 is 1.00 bits per heavy atom. The van der Waals surface area contributed by atoms with Crippen LogP contribution in [0.25, 0.3) is 22.3 Å². The Bertz CT molecular complexity index is 1370. The molecule has 2 aliphatic rings. The summed E-state index contributed by atoms with van der Waals surface area (Å²) in [5, 5.41) is 0. The van der Waals surface area contributed by atoms with Gasteiger partial charge in [0.1, 0.15) is 0 Å². The van der Waals surface area contributed by atoms with Crippen LogP contribution in [0.1, 0.15) is 29.5 Å². The number of hydrogen-bond acceptors (Lipinski definition) is 0. The third kappa shape index (κ3) is 3.83. The van der Waals surface area contributed by atoms with Crippen LogP contribution in [0.4, 0.5) is 0 Å². The number of benzene rings is 4. The molecule has 36 heavy (non-hydrogen) atoms. The van der Waals surface area contributed by atoms with Crippen molar-refractivity contribution < 1.29 is 15.6 Å². The van der Waals surface area contributed by atoms with Gasteiger partial charge in [-0.15, -0.1) is 0 Å². The Labute approximate surface area is 254 Å². The van der Waals surface area contributed by atoms with E-state index >= 15 is 0 Å². The molecule has 183 valence electrons. The van der Waals surface area contributed by atoms with Crippen LogP contribution in [-0.2, 0) is 15.6 Å². The van der Waals surface area contributed by atoms with Gasteiger partial charge in [0.05, 0.1) is 0 Å². The Morgan fingerprint density at radius 2 is 0.778 bits per heavy atom. The van der Waals surface area contributed by atoms with E-state index in [9.17, 15) is 0 Å². The third-order valence-electron chi connectivity index (χ3n) is 8.09. The van der Waals surface area contributed by atoms with E-state index in [0.29, 0.717) is 0 Å². The first kappa shape index (κ1) is 26.7. The first-order chi connectivity index (χ1) is 17.0. The number of rotatable bonds is 3. The van der Waals surface area contributed by atoms with Crippen molar-refractivity contribution in [3.63, 3.8) is 0 Å². The predicted octanol–water partition coefficient (Wildman–Crippen LogP) is 11.6. The molecule has 0 saturated heterocycles. The van der Waals surface area contributed by atoms with Crippen LogP contribution in [0.15, 0.2) is 90.7 Å². The fraction of sp³-hybridized carbons (Fsp3) is 0.143. The molecule has 0 spiro atoms. The van der Waals surface area contributed by atoms with Gasteiger partial charge in [-0.1, -0.05) is 0 Å². The molecular weight excluding hydrogens is 846 g/mol. The van der Waals surface area contributed by atoms with E-state index in [4.69, 9.17) is 17.0 Å². The van der Waals surface area contributed by atoms with E-state index < -0.39 is 21.5 Å². The first-order valence-corrected chi connectivity index (χ1v) is 31.2. The zero-order valence-corrected chi connectivity index (χ0v) is 30.9.